The average Bonchev–Trinajstić information content (AvgIpc) is 3.06. The topological polar surface area (TPSA) is 83.1 Å². The number of sulfonamides is 1. The van der Waals surface area contributed by atoms with Gasteiger partial charge in [-0.05, 0) is 55.5 Å². The molecule has 0 radical (unpaired) electrons. The molecule has 0 bridgehead atoms. The minimum Gasteiger partial charge on any atom is -0.446 e. The van der Waals surface area contributed by atoms with Crippen LogP contribution in [0, 0.1) is 18.3 Å². The molecule has 0 amide bonds. The van der Waals surface area contributed by atoms with Gasteiger partial charge in [0.1, 0.15) is 11.8 Å². The minimum atomic E-state index is -3.66. The van der Waals surface area contributed by atoms with E-state index in [2.05, 4.69) is 4.72 Å². The molecule has 0 saturated heterocycles. The zero-order chi connectivity index (χ0) is 17.2. The fourth-order valence-electron chi connectivity index (χ4n) is 2.19. The van der Waals surface area contributed by atoms with E-state index in [-0.39, 0.29) is 10.7 Å². The molecule has 0 aliphatic rings. The summed E-state index contributed by atoms with van der Waals surface area (Å²) in [5, 5.41) is 8.77. The fraction of sp³-hybridized carbons (Fsp3) is 0.0556. The van der Waals surface area contributed by atoms with Crippen LogP contribution >= 0.6 is 0 Å². The van der Waals surface area contributed by atoms with E-state index in [0.29, 0.717) is 17.0 Å². The molecule has 120 valence electrons. The number of anilines is 1. The van der Waals surface area contributed by atoms with Crippen LogP contribution in [-0.4, -0.2) is 8.42 Å². The van der Waals surface area contributed by atoms with Crippen LogP contribution in [0.15, 0.2) is 70.0 Å². The van der Waals surface area contributed by atoms with Crippen molar-refractivity contribution in [1.82, 2.24) is 0 Å². The van der Waals surface area contributed by atoms with Crippen molar-refractivity contribution in [2.75, 3.05) is 4.72 Å². The third kappa shape index (κ3) is 3.31. The highest BCUT2D eigenvalue weighted by Crippen LogP contribution is 2.24. The first-order chi connectivity index (χ1) is 11.5. The number of hydrogen-bond donors (Lipinski definition) is 1. The molecule has 0 aliphatic heterocycles. The third-order valence-corrected chi connectivity index (χ3v) is 4.87. The van der Waals surface area contributed by atoms with Crippen molar-refractivity contribution in [1.29, 1.82) is 5.26 Å². The Hall–Kier alpha value is -3.04. The summed E-state index contributed by atoms with van der Waals surface area (Å²) in [6.07, 6.45) is 0. The van der Waals surface area contributed by atoms with Crippen molar-refractivity contribution in [2.45, 2.75) is 11.8 Å². The molecule has 0 saturated carbocycles. The minimum absolute atomic E-state index is 0.152. The van der Waals surface area contributed by atoms with Crippen LogP contribution in [0.1, 0.15) is 11.3 Å². The average molecular weight is 338 g/mol. The van der Waals surface area contributed by atoms with Gasteiger partial charge in [-0.15, -0.1) is 0 Å². The molecule has 24 heavy (non-hydrogen) atoms. The van der Waals surface area contributed by atoms with Crippen LogP contribution < -0.4 is 4.72 Å². The monoisotopic (exact) mass is 338 g/mol. The zero-order valence-corrected chi connectivity index (χ0v) is 13.7. The van der Waals surface area contributed by atoms with Crippen molar-refractivity contribution in [3.63, 3.8) is 0 Å². The van der Waals surface area contributed by atoms with Gasteiger partial charge in [0.25, 0.3) is 10.0 Å². The van der Waals surface area contributed by atoms with Crippen LogP contribution in [0.4, 0.5) is 5.69 Å². The maximum absolute atomic E-state index is 12.4. The molecule has 0 spiro atoms. The molecule has 5 nitrogen and oxygen atoms in total. The Morgan fingerprint density at radius 3 is 2.21 bits per heavy atom. The van der Waals surface area contributed by atoms with Crippen molar-refractivity contribution >= 4 is 15.7 Å². The summed E-state index contributed by atoms with van der Waals surface area (Å²) < 4.78 is 32.7. The largest absolute Gasteiger partial charge is 0.446 e. The van der Waals surface area contributed by atoms with Crippen LogP contribution in [0.25, 0.3) is 11.3 Å². The van der Waals surface area contributed by atoms with Crippen molar-refractivity contribution < 1.29 is 12.8 Å². The Labute approximate surface area is 140 Å². The van der Waals surface area contributed by atoms with Gasteiger partial charge in [0.2, 0.25) is 5.76 Å². The quantitative estimate of drug-likeness (QED) is 0.781. The summed E-state index contributed by atoms with van der Waals surface area (Å²) in [6.45, 7) is 1.93. The summed E-state index contributed by atoms with van der Waals surface area (Å²) in [5.41, 5.74) is 2.26. The van der Waals surface area contributed by atoms with Crippen molar-refractivity contribution in [2.24, 2.45) is 0 Å². The van der Waals surface area contributed by atoms with E-state index >= 15 is 0 Å². The second-order valence-electron chi connectivity index (χ2n) is 5.27. The Kier molecular flexibility index (Phi) is 4.11. The van der Waals surface area contributed by atoms with E-state index in [0.717, 1.165) is 5.56 Å². The van der Waals surface area contributed by atoms with Gasteiger partial charge in [-0.25, -0.2) is 8.42 Å². The summed E-state index contributed by atoms with van der Waals surface area (Å²) >= 11 is 0. The Bertz CT molecular complexity index is 996. The van der Waals surface area contributed by atoms with Gasteiger partial charge in [-0.3, -0.25) is 4.72 Å². The molecular formula is C18H14N2O3S. The van der Waals surface area contributed by atoms with Gasteiger partial charge in [-0.2, -0.15) is 5.26 Å². The highest BCUT2D eigenvalue weighted by Gasteiger charge is 2.14. The highest BCUT2D eigenvalue weighted by molar-refractivity contribution is 7.92. The molecule has 1 heterocycles. The first-order valence-electron chi connectivity index (χ1n) is 7.18. The molecular weight excluding hydrogens is 324 g/mol. The SMILES string of the molecule is Cc1ccc(NS(=O)(=O)c2ccc(-c3ccc(C#N)o3)cc2)cc1. The number of nitrogens with zero attached hydrogens (tertiary/aromatic N) is 1. The van der Waals surface area contributed by atoms with Gasteiger partial charge < -0.3 is 4.42 Å². The summed E-state index contributed by atoms with van der Waals surface area (Å²) in [5.74, 6) is 0.727. The number of rotatable bonds is 4. The number of benzene rings is 2. The van der Waals surface area contributed by atoms with Crippen LogP contribution in [0.2, 0.25) is 0 Å². The number of aryl methyl sites for hydroxylation is 1. The second-order valence-corrected chi connectivity index (χ2v) is 6.95. The van der Waals surface area contributed by atoms with E-state index in [1.807, 2.05) is 25.1 Å². The Morgan fingerprint density at radius 2 is 1.62 bits per heavy atom. The standard InChI is InChI=1S/C18H14N2O3S/c1-13-2-6-15(7-3-13)20-24(21,22)17-9-4-14(5-10-17)18-11-8-16(12-19)23-18/h2-11,20H,1H3. The lowest BCUT2D eigenvalue weighted by Crippen LogP contribution is -2.12. The molecule has 0 atom stereocenters. The number of furan rings is 1. The van der Waals surface area contributed by atoms with Crippen molar-refractivity contribution in [3.05, 3.63) is 72.0 Å². The molecule has 6 heteroatoms. The van der Waals surface area contributed by atoms with Crippen LogP contribution in [-0.2, 0) is 10.0 Å². The highest BCUT2D eigenvalue weighted by atomic mass is 32.2. The van der Waals surface area contributed by atoms with E-state index < -0.39 is 10.0 Å². The maximum Gasteiger partial charge on any atom is 0.261 e. The normalized spacial score (nSPS) is 11.0. The summed E-state index contributed by atoms with van der Waals surface area (Å²) in [6, 6.07) is 18.5. The van der Waals surface area contributed by atoms with Crippen LogP contribution in [0.5, 0.6) is 0 Å². The molecule has 1 aromatic heterocycles. The first kappa shape index (κ1) is 15.8. The lowest BCUT2D eigenvalue weighted by molar-refractivity contribution is 0.567. The van der Waals surface area contributed by atoms with Gasteiger partial charge in [-0.1, -0.05) is 17.7 Å². The molecule has 0 unspecified atom stereocenters. The van der Waals surface area contributed by atoms with Gasteiger partial charge in [0.15, 0.2) is 0 Å². The van der Waals surface area contributed by atoms with E-state index in [1.165, 1.54) is 12.1 Å². The number of hydrogen-bond acceptors (Lipinski definition) is 4. The number of nitrogens with one attached hydrogen (secondary N) is 1. The fourth-order valence-corrected chi connectivity index (χ4v) is 3.25. The number of nitriles is 1. The molecule has 0 fully saturated rings. The molecule has 2 aromatic carbocycles. The van der Waals surface area contributed by atoms with Crippen molar-refractivity contribution in [3.8, 4) is 17.4 Å². The Balaban J connectivity index is 1.84. The second kappa shape index (κ2) is 6.22. The molecule has 3 aromatic rings. The van der Waals surface area contributed by atoms with Gasteiger partial charge >= 0.3 is 0 Å². The first-order valence-corrected chi connectivity index (χ1v) is 8.66. The van der Waals surface area contributed by atoms with Gasteiger partial charge in [0, 0.05) is 11.3 Å². The summed E-state index contributed by atoms with van der Waals surface area (Å²) in [7, 11) is -3.66. The third-order valence-electron chi connectivity index (χ3n) is 3.47. The van der Waals surface area contributed by atoms with E-state index in [9.17, 15) is 8.42 Å². The summed E-state index contributed by atoms with van der Waals surface area (Å²) in [4.78, 5) is 0.152. The lowest BCUT2D eigenvalue weighted by Gasteiger charge is -2.08. The predicted molar refractivity (Wildman–Crippen MR) is 90.8 cm³/mol. The maximum atomic E-state index is 12.4. The van der Waals surface area contributed by atoms with E-state index in [4.69, 9.17) is 9.68 Å². The molecule has 0 aliphatic carbocycles. The zero-order valence-electron chi connectivity index (χ0n) is 12.9. The molecule has 3 rings (SSSR count). The Morgan fingerprint density at radius 1 is 0.958 bits per heavy atom. The predicted octanol–water partition coefficient (Wildman–Crippen LogP) is 3.93. The smallest absolute Gasteiger partial charge is 0.261 e. The van der Waals surface area contributed by atoms with Gasteiger partial charge in [0.05, 0.1) is 4.90 Å². The lowest BCUT2D eigenvalue weighted by atomic mass is 10.2. The molecule has 1 N–H and O–H groups in total. The van der Waals surface area contributed by atoms with Crippen LogP contribution in [0.3, 0.4) is 0 Å². The van der Waals surface area contributed by atoms with E-state index in [1.54, 1.807) is 36.4 Å².